The zero-order chi connectivity index (χ0) is 8.10. The number of halogens is 1. The van der Waals surface area contributed by atoms with E-state index in [0.29, 0.717) is 17.5 Å². The molecule has 0 aromatic heterocycles. The van der Waals surface area contributed by atoms with Gasteiger partial charge in [-0.3, -0.25) is 4.79 Å². The van der Waals surface area contributed by atoms with E-state index in [4.69, 9.17) is 11.8 Å². The molecule has 1 aromatic carbocycles. The smallest absolute Gasteiger partial charge is 0.152 e. The van der Waals surface area contributed by atoms with Gasteiger partial charge in [-0.15, -0.1) is 5.11 Å². The van der Waals surface area contributed by atoms with E-state index in [9.17, 15) is 4.79 Å². The highest BCUT2D eigenvalue weighted by atomic mass is 35.5. The molecule has 4 heteroatoms. The average Bonchev–Trinajstić information content (AvgIpc) is 2.06. The van der Waals surface area contributed by atoms with Crippen LogP contribution in [0.2, 0.25) is 0 Å². The lowest BCUT2D eigenvalue weighted by molar-refractivity contribution is 0.112. The molecule has 0 saturated heterocycles. The maximum absolute atomic E-state index is 10.4. The number of hydrogen-bond acceptors (Lipinski definition) is 3. The summed E-state index contributed by atoms with van der Waals surface area (Å²) in [6.45, 7) is 0. The molecule has 0 aliphatic heterocycles. The lowest BCUT2D eigenvalue weighted by atomic mass is 10.2. The van der Waals surface area contributed by atoms with Crippen molar-refractivity contribution in [2.45, 2.75) is 0 Å². The number of rotatable bonds is 2. The van der Waals surface area contributed by atoms with Crippen LogP contribution in [0.4, 0.5) is 5.69 Å². The van der Waals surface area contributed by atoms with E-state index in [1.807, 2.05) is 0 Å². The molecule has 0 spiro atoms. The normalized spacial score (nSPS) is 10.3. The van der Waals surface area contributed by atoms with Gasteiger partial charge in [0.1, 0.15) is 0 Å². The molecule has 0 aliphatic rings. The van der Waals surface area contributed by atoms with E-state index >= 15 is 0 Å². The Kier molecular flexibility index (Phi) is 2.74. The highest BCUT2D eigenvalue weighted by Gasteiger charge is 1.96. The minimum atomic E-state index is 0.483. The van der Waals surface area contributed by atoms with Crippen LogP contribution in [0, 0.1) is 0 Å². The summed E-state index contributed by atoms with van der Waals surface area (Å²) in [5.41, 5.74) is 0.967. The molecule has 1 rings (SSSR count). The highest BCUT2D eigenvalue weighted by Crippen LogP contribution is 2.16. The lowest BCUT2D eigenvalue weighted by Gasteiger charge is -1.92. The molecule has 0 radical (unpaired) electrons. The van der Waals surface area contributed by atoms with Crippen molar-refractivity contribution in [3.8, 4) is 0 Å². The molecular weight excluding hydrogens is 164 g/mol. The van der Waals surface area contributed by atoms with E-state index in [1.54, 1.807) is 24.3 Å². The number of aldehydes is 1. The Morgan fingerprint density at radius 1 is 1.36 bits per heavy atom. The summed E-state index contributed by atoms with van der Waals surface area (Å²) in [6, 6.07) is 6.81. The first-order valence-electron chi connectivity index (χ1n) is 2.94. The molecule has 0 atom stereocenters. The van der Waals surface area contributed by atoms with Gasteiger partial charge in [0.2, 0.25) is 0 Å². The van der Waals surface area contributed by atoms with Gasteiger partial charge in [0, 0.05) is 5.56 Å². The minimum Gasteiger partial charge on any atom is -0.298 e. The minimum absolute atomic E-state index is 0.483. The number of carbonyl (C=O) groups is 1. The second-order valence-electron chi connectivity index (χ2n) is 1.85. The summed E-state index contributed by atoms with van der Waals surface area (Å²) < 4.78 is 3.05. The summed E-state index contributed by atoms with van der Waals surface area (Å²) in [5, 5.41) is 3.54. The third-order valence-corrected chi connectivity index (χ3v) is 1.28. The fourth-order valence-electron chi connectivity index (χ4n) is 0.719. The van der Waals surface area contributed by atoms with E-state index in [2.05, 4.69) is 9.75 Å². The Bertz CT molecular complexity index is 286. The monoisotopic (exact) mass is 168 g/mol. The predicted octanol–water partition coefficient (Wildman–Crippen LogP) is 2.74. The molecule has 1 aromatic rings. The zero-order valence-corrected chi connectivity index (χ0v) is 6.32. The van der Waals surface area contributed by atoms with Crippen LogP contribution < -0.4 is 0 Å². The van der Waals surface area contributed by atoms with Crippen LogP contribution >= 0.6 is 11.8 Å². The number of benzene rings is 1. The van der Waals surface area contributed by atoms with E-state index in [-0.39, 0.29) is 0 Å². The molecule has 0 amide bonds. The molecule has 0 aliphatic carbocycles. The van der Waals surface area contributed by atoms with Crippen LogP contribution in [-0.2, 0) is 0 Å². The SMILES string of the molecule is O=Cc1ccccc1N=NCl. The van der Waals surface area contributed by atoms with Crippen LogP contribution in [0.25, 0.3) is 0 Å². The fourth-order valence-corrected chi connectivity index (χ4v) is 0.800. The Balaban J connectivity index is 3.11. The molecule has 0 N–H and O–H groups in total. The summed E-state index contributed by atoms with van der Waals surface area (Å²) in [5.74, 6) is 0. The second kappa shape index (κ2) is 3.83. The van der Waals surface area contributed by atoms with Crippen molar-refractivity contribution in [3.63, 3.8) is 0 Å². The van der Waals surface area contributed by atoms with E-state index in [0.717, 1.165) is 0 Å². The van der Waals surface area contributed by atoms with E-state index in [1.165, 1.54) is 0 Å². The molecule has 0 saturated carbocycles. The Labute approximate surface area is 68.8 Å². The summed E-state index contributed by atoms with van der Waals surface area (Å²) in [6.07, 6.45) is 0.709. The van der Waals surface area contributed by atoms with Gasteiger partial charge >= 0.3 is 0 Å². The molecule has 56 valence electrons. The summed E-state index contributed by atoms with van der Waals surface area (Å²) >= 11 is 5.01. The Hall–Kier alpha value is -1.22. The molecule has 3 nitrogen and oxygen atoms in total. The molecule has 11 heavy (non-hydrogen) atoms. The van der Waals surface area contributed by atoms with E-state index < -0.39 is 0 Å². The van der Waals surface area contributed by atoms with Gasteiger partial charge < -0.3 is 0 Å². The van der Waals surface area contributed by atoms with Gasteiger partial charge in [0.05, 0.1) is 17.5 Å². The second-order valence-corrected chi connectivity index (χ2v) is 2.00. The predicted molar refractivity (Wildman–Crippen MR) is 42.2 cm³/mol. The number of hydrogen-bond donors (Lipinski definition) is 0. The van der Waals surface area contributed by atoms with Crippen LogP contribution in [0.1, 0.15) is 10.4 Å². The van der Waals surface area contributed by atoms with Gasteiger partial charge in [0.25, 0.3) is 0 Å². The van der Waals surface area contributed by atoms with Gasteiger partial charge in [-0.05, 0) is 12.1 Å². The number of nitrogens with zero attached hydrogens (tertiary/aromatic N) is 2. The Morgan fingerprint density at radius 2 is 2.09 bits per heavy atom. The first-order valence-corrected chi connectivity index (χ1v) is 3.28. The van der Waals surface area contributed by atoms with Crippen LogP contribution in [-0.4, -0.2) is 6.29 Å². The van der Waals surface area contributed by atoms with Gasteiger partial charge in [-0.25, -0.2) is 0 Å². The fraction of sp³-hybridized carbons (Fsp3) is 0. The van der Waals surface area contributed by atoms with Crippen LogP contribution in [0.3, 0.4) is 0 Å². The van der Waals surface area contributed by atoms with Crippen molar-refractivity contribution < 1.29 is 4.79 Å². The third-order valence-electron chi connectivity index (χ3n) is 1.21. The maximum atomic E-state index is 10.4. The summed E-state index contributed by atoms with van der Waals surface area (Å²) in [7, 11) is 0. The van der Waals surface area contributed by atoms with Gasteiger partial charge in [-0.1, -0.05) is 16.8 Å². The third kappa shape index (κ3) is 1.85. The van der Waals surface area contributed by atoms with Crippen LogP contribution in [0.5, 0.6) is 0 Å². The quantitative estimate of drug-likeness (QED) is 0.495. The average molecular weight is 169 g/mol. The molecule has 0 fully saturated rings. The van der Waals surface area contributed by atoms with Crippen molar-refractivity contribution in [2.24, 2.45) is 9.75 Å². The number of carbonyl (C=O) groups excluding carboxylic acids is 1. The van der Waals surface area contributed by atoms with Crippen molar-refractivity contribution in [1.82, 2.24) is 0 Å². The molecule has 0 unspecified atom stereocenters. The maximum Gasteiger partial charge on any atom is 0.152 e. The molecular formula is C7H5ClN2O. The van der Waals surface area contributed by atoms with Crippen molar-refractivity contribution in [2.75, 3.05) is 0 Å². The largest absolute Gasteiger partial charge is 0.298 e. The van der Waals surface area contributed by atoms with Crippen LogP contribution in [0.15, 0.2) is 34.0 Å². The molecule has 0 heterocycles. The first kappa shape index (κ1) is 7.88. The Morgan fingerprint density at radius 3 is 2.73 bits per heavy atom. The summed E-state index contributed by atoms with van der Waals surface area (Å²) in [4.78, 5) is 10.4. The standard InChI is InChI=1S/C7H5ClN2O/c8-10-9-7-4-2-1-3-6(7)5-11/h1-5H. The van der Waals surface area contributed by atoms with Gasteiger partial charge in [-0.2, -0.15) is 0 Å². The molecule has 0 bridgehead atoms. The van der Waals surface area contributed by atoms with Crippen molar-refractivity contribution >= 4 is 23.8 Å². The topological polar surface area (TPSA) is 41.8 Å². The highest BCUT2D eigenvalue weighted by molar-refractivity contribution is 6.14. The van der Waals surface area contributed by atoms with Crippen molar-refractivity contribution in [3.05, 3.63) is 29.8 Å². The van der Waals surface area contributed by atoms with Crippen molar-refractivity contribution in [1.29, 1.82) is 0 Å². The van der Waals surface area contributed by atoms with Gasteiger partial charge in [0.15, 0.2) is 6.29 Å². The lowest BCUT2D eigenvalue weighted by Crippen LogP contribution is -1.77. The zero-order valence-electron chi connectivity index (χ0n) is 5.57. The first-order chi connectivity index (χ1) is 5.38.